The zero-order chi connectivity index (χ0) is 20.5. The maximum atomic E-state index is 12.6. The number of anilines is 1. The highest BCUT2D eigenvalue weighted by molar-refractivity contribution is 6.21. The predicted molar refractivity (Wildman–Crippen MR) is 111 cm³/mol. The number of nitrogens with one attached hydrogen (secondary N) is 1. The number of amides is 3. The van der Waals surface area contributed by atoms with Crippen molar-refractivity contribution in [1.82, 2.24) is 4.90 Å². The van der Waals surface area contributed by atoms with Gasteiger partial charge in [0.05, 0.1) is 17.7 Å². The number of nitrogens with zero attached hydrogens (tertiary/aromatic N) is 1. The van der Waals surface area contributed by atoms with Gasteiger partial charge in [0, 0.05) is 11.3 Å². The van der Waals surface area contributed by atoms with Crippen molar-refractivity contribution >= 4 is 23.4 Å². The van der Waals surface area contributed by atoms with Gasteiger partial charge in [0.1, 0.15) is 0 Å². The van der Waals surface area contributed by atoms with Crippen LogP contribution in [0.4, 0.5) is 5.69 Å². The normalized spacial score (nSPS) is 12.8. The first-order valence-corrected chi connectivity index (χ1v) is 9.37. The minimum Gasteiger partial charge on any atom is -0.322 e. The third-order valence-electron chi connectivity index (χ3n) is 5.20. The van der Waals surface area contributed by atoms with Crippen LogP contribution in [0.1, 0.15) is 47.8 Å². The fraction of sp³-hybridized carbons (Fsp3) is 0.125. The summed E-state index contributed by atoms with van der Waals surface area (Å²) in [6.45, 7) is 3.96. The Bertz CT molecular complexity index is 1120. The average molecular weight is 384 g/mol. The molecule has 29 heavy (non-hydrogen) atoms. The highest BCUT2D eigenvalue weighted by Crippen LogP contribution is 2.26. The Morgan fingerprint density at radius 3 is 2.10 bits per heavy atom. The van der Waals surface area contributed by atoms with Crippen molar-refractivity contribution < 1.29 is 14.4 Å². The Balaban J connectivity index is 1.57. The second-order valence-corrected chi connectivity index (χ2v) is 7.15. The van der Waals surface area contributed by atoms with Gasteiger partial charge in [0.15, 0.2) is 0 Å². The van der Waals surface area contributed by atoms with Crippen LogP contribution in [0.2, 0.25) is 0 Å². The Kier molecular flexibility index (Phi) is 4.72. The van der Waals surface area contributed by atoms with E-state index in [-0.39, 0.29) is 24.3 Å². The monoisotopic (exact) mass is 384 g/mol. The maximum absolute atomic E-state index is 12.6. The number of hydrogen-bond donors (Lipinski definition) is 1. The topological polar surface area (TPSA) is 66.5 Å². The summed E-state index contributed by atoms with van der Waals surface area (Å²) in [6.07, 6.45) is 0. The molecule has 1 N–H and O–H groups in total. The molecule has 144 valence electrons. The van der Waals surface area contributed by atoms with E-state index in [9.17, 15) is 14.4 Å². The molecule has 5 nitrogen and oxygen atoms in total. The first-order chi connectivity index (χ1) is 14.0. The van der Waals surface area contributed by atoms with E-state index in [0.29, 0.717) is 22.4 Å². The first-order valence-electron chi connectivity index (χ1n) is 9.37. The van der Waals surface area contributed by atoms with Crippen molar-refractivity contribution in [2.45, 2.75) is 20.4 Å². The van der Waals surface area contributed by atoms with Crippen molar-refractivity contribution in [3.05, 3.63) is 100 Å². The van der Waals surface area contributed by atoms with E-state index in [1.54, 1.807) is 30.3 Å². The number of carbonyl (C=O) groups excluding carboxylic acids is 3. The van der Waals surface area contributed by atoms with Crippen molar-refractivity contribution in [3.63, 3.8) is 0 Å². The number of carbonyl (C=O) groups is 3. The molecular formula is C24H20N2O3. The largest absolute Gasteiger partial charge is 0.322 e. The van der Waals surface area contributed by atoms with E-state index in [4.69, 9.17) is 0 Å². The molecule has 1 heterocycles. The molecule has 0 aliphatic carbocycles. The van der Waals surface area contributed by atoms with Gasteiger partial charge in [-0.3, -0.25) is 19.3 Å². The summed E-state index contributed by atoms with van der Waals surface area (Å²) in [6, 6.07) is 19.7. The highest BCUT2D eigenvalue weighted by atomic mass is 16.2. The van der Waals surface area contributed by atoms with E-state index in [2.05, 4.69) is 5.32 Å². The minimum absolute atomic E-state index is 0.159. The molecule has 0 fully saturated rings. The number of rotatable bonds is 4. The van der Waals surface area contributed by atoms with Crippen LogP contribution >= 0.6 is 0 Å². The molecule has 1 aliphatic heterocycles. The van der Waals surface area contributed by atoms with Crippen molar-refractivity contribution in [1.29, 1.82) is 0 Å². The SMILES string of the molecule is Cc1ccc(NC(=O)c2ccccc2C)cc1CN1C(=O)c2ccccc2C1=O. The van der Waals surface area contributed by atoms with Gasteiger partial charge < -0.3 is 5.32 Å². The summed E-state index contributed by atoms with van der Waals surface area (Å²) in [7, 11) is 0. The van der Waals surface area contributed by atoms with Gasteiger partial charge in [-0.25, -0.2) is 0 Å². The number of aryl methyl sites for hydroxylation is 2. The molecule has 5 heteroatoms. The van der Waals surface area contributed by atoms with Gasteiger partial charge in [-0.2, -0.15) is 0 Å². The maximum Gasteiger partial charge on any atom is 0.261 e. The molecule has 3 aromatic carbocycles. The lowest BCUT2D eigenvalue weighted by Gasteiger charge is -2.17. The molecule has 3 amide bonds. The van der Waals surface area contributed by atoms with Gasteiger partial charge in [-0.15, -0.1) is 0 Å². The third kappa shape index (κ3) is 3.43. The molecule has 0 radical (unpaired) electrons. The third-order valence-corrected chi connectivity index (χ3v) is 5.20. The summed E-state index contributed by atoms with van der Waals surface area (Å²) in [5, 5.41) is 2.90. The number of hydrogen-bond acceptors (Lipinski definition) is 3. The standard InChI is InChI=1S/C24H20N2O3/c1-15-11-12-18(25-22(27)19-8-4-3-7-16(19)2)13-17(15)14-26-23(28)20-9-5-6-10-21(20)24(26)29/h3-13H,14H2,1-2H3,(H,25,27). The van der Waals surface area contributed by atoms with Crippen molar-refractivity contribution in [2.24, 2.45) is 0 Å². The molecule has 3 aromatic rings. The van der Waals surface area contributed by atoms with Crippen LogP contribution < -0.4 is 5.32 Å². The van der Waals surface area contributed by atoms with Gasteiger partial charge in [0.25, 0.3) is 17.7 Å². The van der Waals surface area contributed by atoms with Crippen molar-refractivity contribution in [2.75, 3.05) is 5.32 Å². The fourth-order valence-electron chi connectivity index (χ4n) is 3.50. The molecule has 0 aromatic heterocycles. The van der Waals surface area contributed by atoms with Gasteiger partial charge in [-0.1, -0.05) is 36.4 Å². The average Bonchev–Trinajstić information content (AvgIpc) is 2.96. The molecule has 1 aliphatic rings. The van der Waals surface area contributed by atoms with Crippen LogP contribution in [0, 0.1) is 13.8 Å². The molecule has 0 unspecified atom stereocenters. The molecule has 0 saturated carbocycles. The zero-order valence-corrected chi connectivity index (χ0v) is 16.2. The van der Waals surface area contributed by atoms with Crippen LogP contribution in [0.3, 0.4) is 0 Å². The molecule has 0 spiro atoms. The van der Waals surface area contributed by atoms with Crippen molar-refractivity contribution in [3.8, 4) is 0 Å². The molecule has 0 atom stereocenters. The Morgan fingerprint density at radius 2 is 1.45 bits per heavy atom. The summed E-state index contributed by atoms with van der Waals surface area (Å²) < 4.78 is 0. The van der Waals surface area contributed by atoms with Crippen LogP contribution in [0.15, 0.2) is 66.7 Å². The van der Waals surface area contributed by atoms with Gasteiger partial charge in [0.2, 0.25) is 0 Å². The first kappa shape index (κ1) is 18.6. The lowest BCUT2D eigenvalue weighted by atomic mass is 10.1. The predicted octanol–water partition coefficient (Wildman–Crippen LogP) is 4.35. The van der Waals surface area contributed by atoms with E-state index in [0.717, 1.165) is 16.7 Å². The Morgan fingerprint density at radius 1 is 0.828 bits per heavy atom. The van der Waals surface area contributed by atoms with E-state index in [1.165, 1.54) is 4.90 Å². The van der Waals surface area contributed by atoms with E-state index in [1.807, 2.05) is 50.2 Å². The lowest BCUT2D eigenvalue weighted by molar-refractivity contribution is 0.0641. The van der Waals surface area contributed by atoms with Crippen LogP contribution in [0.5, 0.6) is 0 Å². The van der Waals surface area contributed by atoms with Gasteiger partial charge >= 0.3 is 0 Å². The summed E-state index contributed by atoms with van der Waals surface area (Å²) >= 11 is 0. The number of imide groups is 1. The zero-order valence-electron chi connectivity index (χ0n) is 16.2. The molecule has 0 bridgehead atoms. The summed E-state index contributed by atoms with van der Waals surface area (Å²) in [4.78, 5) is 39.1. The van der Waals surface area contributed by atoms with Crippen LogP contribution in [0.25, 0.3) is 0 Å². The molecular weight excluding hydrogens is 364 g/mol. The van der Waals surface area contributed by atoms with Crippen LogP contribution in [-0.2, 0) is 6.54 Å². The Hall–Kier alpha value is -3.73. The quantitative estimate of drug-likeness (QED) is 0.680. The van der Waals surface area contributed by atoms with Gasteiger partial charge in [-0.05, 0) is 60.9 Å². The smallest absolute Gasteiger partial charge is 0.261 e. The van der Waals surface area contributed by atoms with E-state index < -0.39 is 0 Å². The van der Waals surface area contributed by atoms with E-state index >= 15 is 0 Å². The number of benzene rings is 3. The summed E-state index contributed by atoms with van der Waals surface area (Å²) in [5.41, 5.74) is 4.73. The molecule has 0 saturated heterocycles. The second kappa shape index (κ2) is 7.36. The summed E-state index contributed by atoms with van der Waals surface area (Å²) in [5.74, 6) is -0.780. The minimum atomic E-state index is -0.292. The fourth-order valence-corrected chi connectivity index (χ4v) is 3.50. The Labute approximate surface area is 169 Å². The molecule has 4 rings (SSSR count). The lowest BCUT2D eigenvalue weighted by Crippen LogP contribution is -2.29. The number of fused-ring (bicyclic) bond motifs is 1. The second-order valence-electron chi connectivity index (χ2n) is 7.15. The van der Waals surface area contributed by atoms with Crippen LogP contribution in [-0.4, -0.2) is 22.6 Å². The highest BCUT2D eigenvalue weighted by Gasteiger charge is 2.35.